The molecule has 3 rings (SSSR count). The zero-order valence-electron chi connectivity index (χ0n) is 15.7. The molecule has 140 valence electrons. The first kappa shape index (κ1) is 18.6. The highest BCUT2D eigenvalue weighted by molar-refractivity contribution is 5.47. The van der Waals surface area contributed by atoms with Crippen LogP contribution in [-0.4, -0.2) is 25.2 Å². The molecule has 2 aromatic rings. The van der Waals surface area contributed by atoms with Gasteiger partial charge in [-0.05, 0) is 36.6 Å². The van der Waals surface area contributed by atoms with Crippen LogP contribution in [0.15, 0.2) is 36.5 Å². The van der Waals surface area contributed by atoms with E-state index in [1.165, 1.54) is 50.8 Å². The van der Waals surface area contributed by atoms with Crippen molar-refractivity contribution < 1.29 is 9.13 Å². The first-order chi connectivity index (χ1) is 12.7. The first-order valence-corrected chi connectivity index (χ1v) is 9.39. The summed E-state index contributed by atoms with van der Waals surface area (Å²) in [5.41, 5.74) is 2.18. The van der Waals surface area contributed by atoms with Crippen LogP contribution in [0.25, 0.3) is 0 Å². The summed E-state index contributed by atoms with van der Waals surface area (Å²) in [4.78, 5) is 6.98. The standard InChI is InChI=1S/C21H28FN3O/c1-25(18-8-4-3-5-9-18)21-17(7-6-12-24-21)15-23-14-16-10-11-19(22)20(13-16)26-2/h6-7,10-13,18,23H,3-5,8-9,14-15H2,1-2H3. The van der Waals surface area contributed by atoms with Crippen LogP contribution in [0.2, 0.25) is 0 Å². The molecular weight excluding hydrogens is 329 g/mol. The highest BCUT2D eigenvalue weighted by atomic mass is 19.1. The molecule has 26 heavy (non-hydrogen) atoms. The summed E-state index contributed by atoms with van der Waals surface area (Å²) >= 11 is 0. The van der Waals surface area contributed by atoms with Gasteiger partial charge in [-0.3, -0.25) is 0 Å². The van der Waals surface area contributed by atoms with Gasteiger partial charge in [0, 0.05) is 37.9 Å². The topological polar surface area (TPSA) is 37.4 Å². The minimum atomic E-state index is -0.333. The van der Waals surface area contributed by atoms with Crippen molar-refractivity contribution in [3.8, 4) is 5.75 Å². The second-order valence-corrected chi connectivity index (χ2v) is 6.96. The summed E-state index contributed by atoms with van der Waals surface area (Å²) in [6, 6.07) is 9.65. The third-order valence-electron chi connectivity index (χ3n) is 5.18. The second-order valence-electron chi connectivity index (χ2n) is 6.96. The summed E-state index contributed by atoms with van der Waals surface area (Å²) in [7, 11) is 3.64. The molecule has 4 nitrogen and oxygen atoms in total. The highest BCUT2D eigenvalue weighted by Gasteiger charge is 2.20. The SMILES string of the molecule is COc1cc(CNCc2cccnc2N(C)C2CCCCC2)ccc1F. The first-order valence-electron chi connectivity index (χ1n) is 9.39. The molecule has 1 heterocycles. The smallest absolute Gasteiger partial charge is 0.165 e. The normalized spacial score (nSPS) is 15.0. The number of anilines is 1. The minimum Gasteiger partial charge on any atom is -0.494 e. The lowest BCUT2D eigenvalue weighted by Crippen LogP contribution is -2.35. The number of hydrogen-bond acceptors (Lipinski definition) is 4. The van der Waals surface area contributed by atoms with Crippen molar-refractivity contribution in [2.45, 2.75) is 51.2 Å². The number of benzene rings is 1. The van der Waals surface area contributed by atoms with E-state index >= 15 is 0 Å². The Hall–Kier alpha value is -2.14. The zero-order valence-corrected chi connectivity index (χ0v) is 15.7. The van der Waals surface area contributed by atoms with Gasteiger partial charge in [0.25, 0.3) is 0 Å². The molecule has 1 aromatic carbocycles. The number of aromatic nitrogens is 1. The maximum Gasteiger partial charge on any atom is 0.165 e. The molecule has 1 aromatic heterocycles. The van der Waals surface area contributed by atoms with Crippen LogP contribution < -0.4 is 15.0 Å². The van der Waals surface area contributed by atoms with Gasteiger partial charge in [-0.2, -0.15) is 0 Å². The van der Waals surface area contributed by atoms with Crippen molar-refractivity contribution in [1.29, 1.82) is 0 Å². The van der Waals surface area contributed by atoms with Crippen molar-refractivity contribution in [2.24, 2.45) is 0 Å². The lowest BCUT2D eigenvalue weighted by Gasteiger charge is -2.33. The van der Waals surface area contributed by atoms with E-state index in [1.807, 2.05) is 12.3 Å². The Morgan fingerprint density at radius 3 is 2.77 bits per heavy atom. The van der Waals surface area contributed by atoms with Crippen LogP contribution in [0.5, 0.6) is 5.75 Å². The quantitative estimate of drug-likeness (QED) is 0.802. The van der Waals surface area contributed by atoms with E-state index in [0.717, 1.165) is 17.9 Å². The third kappa shape index (κ3) is 4.52. The fourth-order valence-corrected chi connectivity index (χ4v) is 3.68. The third-order valence-corrected chi connectivity index (χ3v) is 5.18. The predicted octanol–water partition coefficient (Wildman–Crippen LogP) is 4.29. The van der Waals surface area contributed by atoms with E-state index < -0.39 is 0 Å². The molecule has 0 bridgehead atoms. The van der Waals surface area contributed by atoms with Crippen molar-refractivity contribution >= 4 is 5.82 Å². The molecule has 0 amide bonds. The lowest BCUT2D eigenvalue weighted by molar-refractivity contribution is 0.385. The Labute approximate surface area is 155 Å². The van der Waals surface area contributed by atoms with E-state index in [-0.39, 0.29) is 11.6 Å². The molecule has 0 aliphatic heterocycles. The van der Waals surface area contributed by atoms with Gasteiger partial charge in [-0.25, -0.2) is 9.37 Å². The number of hydrogen-bond donors (Lipinski definition) is 1. The summed E-state index contributed by atoms with van der Waals surface area (Å²) in [6.07, 6.45) is 8.32. The Morgan fingerprint density at radius 1 is 1.19 bits per heavy atom. The molecule has 0 unspecified atom stereocenters. The molecule has 0 saturated heterocycles. The van der Waals surface area contributed by atoms with Crippen LogP contribution in [0.4, 0.5) is 10.2 Å². The number of methoxy groups -OCH3 is 1. The molecule has 1 saturated carbocycles. The molecule has 1 N–H and O–H groups in total. The number of rotatable bonds is 7. The number of halogens is 1. The van der Waals surface area contributed by atoms with Gasteiger partial charge in [0.15, 0.2) is 11.6 Å². The highest BCUT2D eigenvalue weighted by Crippen LogP contribution is 2.27. The lowest BCUT2D eigenvalue weighted by atomic mass is 9.94. The summed E-state index contributed by atoms with van der Waals surface area (Å²) < 4.78 is 18.6. The average Bonchev–Trinajstić information content (AvgIpc) is 2.70. The number of ether oxygens (including phenoxy) is 1. The van der Waals surface area contributed by atoms with Crippen molar-refractivity contribution in [2.75, 3.05) is 19.1 Å². The maximum atomic E-state index is 13.5. The van der Waals surface area contributed by atoms with Gasteiger partial charge in [-0.1, -0.05) is 31.4 Å². The summed E-state index contributed by atoms with van der Waals surface area (Å²) in [5, 5.41) is 3.44. The van der Waals surface area contributed by atoms with E-state index in [4.69, 9.17) is 4.74 Å². The van der Waals surface area contributed by atoms with Crippen molar-refractivity contribution in [1.82, 2.24) is 10.3 Å². The van der Waals surface area contributed by atoms with Gasteiger partial charge in [-0.15, -0.1) is 0 Å². The minimum absolute atomic E-state index is 0.281. The fourth-order valence-electron chi connectivity index (χ4n) is 3.68. The average molecular weight is 357 g/mol. The fraction of sp³-hybridized carbons (Fsp3) is 0.476. The molecule has 1 aliphatic rings. The Bertz CT molecular complexity index is 716. The van der Waals surface area contributed by atoms with Gasteiger partial charge < -0.3 is 15.0 Å². The number of nitrogens with one attached hydrogen (secondary N) is 1. The number of pyridine rings is 1. The number of nitrogens with zero attached hydrogens (tertiary/aromatic N) is 2. The van der Waals surface area contributed by atoms with Gasteiger partial charge in [0.1, 0.15) is 5.82 Å². The van der Waals surface area contributed by atoms with Crippen LogP contribution >= 0.6 is 0 Å². The Balaban J connectivity index is 1.63. The van der Waals surface area contributed by atoms with Crippen LogP contribution in [-0.2, 0) is 13.1 Å². The van der Waals surface area contributed by atoms with Crippen LogP contribution in [0.1, 0.15) is 43.2 Å². The van der Waals surface area contributed by atoms with Gasteiger partial charge in [0.05, 0.1) is 7.11 Å². The van der Waals surface area contributed by atoms with Crippen molar-refractivity contribution in [3.05, 3.63) is 53.5 Å². The van der Waals surface area contributed by atoms with Crippen LogP contribution in [0.3, 0.4) is 0 Å². The van der Waals surface area contributed by atoms with E-state index in [2.05, 4.69) is 28.3 Å². The Kier molecular flexibility index (Phi) is 6.45. The molecule has 0 radical (unpaired) electrons. The summed E-state index contributed by atoms with van der Waals surface area (Å²) in [5.74, 6) is 1.01. The van der Waals surface area contributed by atoms with Crippen LogP contribution in [0, 0.1) is 5.82 Å². The maximum absolute atomic E-state index is 13.5. The molecule has 0 spiro atoms. The summed E-state index contributed by atoms with van der Waals surface area (Å²) in [6.45, 7) is 1.37. The zero-order chi connectivity index (χ0) is 18.4. The molecular formula is C21H28FN3O. The van der Waals surface area contributed by atoms with Gasteiger partial charge in [0.2, 0.25) is 0 Å². The molecule has 1 fully saturated rings. The van der Waals surface area contributed by atoms with E-state index in [0.29, 0.717) is 12.6 Å². The Morgan fingerprint density at radius 2 is 2.00 bits per heavy atom. The van der Waals surface area contributed by atoms with Crippen molar-refractivity contribution in [3.63, 3.8) is 0 Å². The largest absolute Gasteiger partial charge is 0.494 e. The van der Waals surface area contributed by atoms with E-state index in [1.54, 1.807) is 12.1 Å². The second kappa shape index (κ2) is 8.99. The molecule has 0 atom stereocenters. The molecule has 1 aliphatic carbocycles. The predicted molar refractivity (Wildman–Crippen MR) is 103 cm³/mol. The molecule has 5 heteroatoms. The van der Waals surface area contributed by atoms with Gasteiger partial charge >= 0.3 is 0 Å². The van der Waals surface area contributed by atoms with E-state index in [9.17, 15) is 4.39 Å². The monoisotopic (exact) mass is 357 g/mol.